The number of hydrogen-bond acceptors (Lipinski definition) is 4. The quantitative estimate of drug-likeness (QED) is 0.803. The second kappa shape index (κ2) is 4.47. The number of imidazole rings is 1. The Hall–Kier alpha value is -2.00. The zero-order chi connectivity index (χ0) is 12.4. The summed E-state index contributed by atoms with van der Waals surface area (Å²) >= 11 is 5.11. The number of aryl methyl sites for hydroxylation is 1. The predicted octanol–water partition coefficient (Wildman–Crippen LogP) is 1.12. The molecule has 2 aromatic heterocycles. The normalized spacial score (nSPS) is 12.1. The zero-order valence-corrected chi connectivity index (χ0v) is 10.3. The minimum atomic E-state index is -0.547. The average Bonchev–Trinajstić information content (AvgIpc) is 2.68. The summed E-state index contributed by atoms with van der Waals surface area (Å²) in [5.74, 6) is 0.0646. The number of likely N-dealkylation sites (N-methyl/N-ethyl adjacent to an activating group) is 1. The third-order valence-electron chi connectivity index (χ3n) is 2.56. The van der Waals surface area contributed by atoms with Crippen LogP contribution in [0.5, 0.6) is 0 Å². The molecule has 0 aliphatic rings. The van der Waals surface area contributed by atoms with Crippen LogP contribution in [0.4, 0.5) is 0 Å². The fraction of sp³-hybridized carbons (Fsp3) is 0.273. The highest BCUT2D eigenvalue weighted by Crippen LogP contribution is 2.19. The van der Waals surface area contributed by atoms with Crippen molar-refractivity contribution in [1.29, 1.82) is 5.26 Å². The topological polar surface area (TPSA) is 66.5 Å². The fourth-order valence-electron chi connectivity index (χ4n) is 1.68. The van der Waals surface area contributed by atoms with E-state index < -0.39 is 5.92 Å². The van der Waals surface area contributed by atoms with Crippen LogP contribution >= 0.6 is 12.2 Å². The van der Waals surface area contributed by atoms with Gasteiger partial charge in [0.2, 0.25) is 0 Å². The molecule has 0 unspecified atom stereocenters. The lowest BCUT2D eigenvalue weighted by Gasteiger charge is -2.09. The zero-order valence-electron chi connectivity index (χ0n) is 9.51. The monoisotopic (exact) mass is 245 g/mol. The molecule has 2 aromatic rings. The van der Waals surface area contributed by atoms with Crippen molar-refractivity contribution in [3.8, 4) is 6.07 Å². The van der Waals surface area contributed by atoms with Gasteiger partial charge in [0, 0.05) is 20.3 Å². The van der Waals surface area contributed by atoms with Gasteiger partial charge in [-0.15, -0.1) is 0 Å². The first-order chi connectivity index (χ1) is 8.19. The Kier molecular flexibility index (Phi) is 3.02. The molecular formula is C11H11N5S. The number of pyridine rings is 1. The number of rotatable bonds is 2. The molecule has 0 fully saturated rings. The summed E-state index contributed by atoms with van der Waals surface area (Å²) in [6.45, 7) is 0. The van der Waals surface area contributed by atoms with E-state index in [1.165, 1.54) is 0 Å². The molecule has 0 radical (unpaired) electrons. The van der Waals surface area contributed by atoms with E-state index in [1.807, 2.05) is 19.2 Å². The van der Waals surface area contributed by atoms with Gasteiger partial charge in [-0.05, 0) is 12.1 Å². The van der Waals surface area contributed by atoms with Gasteiger partial charge in [0.1, 0.15) is 16.3 Å². The van der Waals surface area contributed by atoms with Gasteiger partial charge < -0.3 is 9.88 Å². The van der Waals surface area contributed by atoms with E-state index in [1.54, 1.807) is 17.8 Å². The van der Waals surface area contributed by atoms with Gasteiger partial charge in [0.05, 0.1) is 6.07 Å². The number of aromatic nitrogens is 3. The van der Waals surface area contributed by atoms with E-state index in [-0.39, 0.29) is 0 Å². The molecule has 0 aliphatic carbocycles. The number of thiocarbonyl (C=S) groups is 1. The number of fused-ring (bicyclic) bond motifs is 1. The van der Waals surface area contributed by atoms with E-state index >= 15 is 0 Å². The third-order valence-corrected chi connectivity index (χ3v) is 3.00. The molecule has 0 spiro atoms. The Bertz CT molecular complexity index is 610. The highest BCUT2D eigenvalue weighted by Gasteiger charge is 2.22. The molecule has 0 saturated heterocycles. The largest absolute Gasteiger partial charge is 0.381 e. The molecule has 1 N–H and O–H groups in total. The van der Waals surface area contributed by atoms with Gasteiger partial charge >= 0.3 is 0 Å². The maximum atomic E-state index is 9.18. The van der Waals surface area contributed by atoms with Crippen LogP contribution in [0, 0.1) is 11.3 Å². The lowest BCUT2D eigenvalue weighted by atomic mass is 10.1. The Morgan fingerprint density at radius 1 is 1.65 bits per heavy atom. The van der Waals surface area contributed by atoms with Crippen molar-refractivity contribution >= 4 is 28.4 Å². The van der Waals surface area contributed by atoms with Crippen LogP contribution in [0.15, 0.2) is 18.3 Å². The average molecular weight is 245 g/mol. The lowest BCUT2D eigenvalue weighted by Crippen LogP contribution is -2.24. The Morgan fingerprint density at radius 3 is 3.00 bits per heavy atom. The minimum Gasteiger partial charge on any atom is -0.381 e. The lowest BCUT2D eigenvalue weighted by molar-refractivity contribution is 0.817. The van der Waals surface area contributed by atoms with Gasteiger partial charge in [-0.25, -0.2) is 9.97 Å². The minimum absolute atomic E-state index is 0.464. The number of nitriles is 1. The van der Waals surface area contributed by atoms with Crippen LogP contribution < -0.4 is 5.32 Å². The van der Waals surface area contributed by atoms with E-state index in [9.17, 15) is 5.26 Å². The van der Waals surface area contributed by atoms with E-state index in [4.69, 9.17) is 12.2 Å². The van der Waals surface area contributed by atoms with Crippen molar-refractivity contribution < 1.29 is 0 Å². The van der Waals surface area contributed by atoms with E-state index in [2.05, 4.69) is 21.4 Å². The highest BCUT2D eigenvalue weighted by molar-refractivity contribution is 7.80. The Labute approximate surface area is 104 Å². The summed E-state index contributed by atoms with van der Waals surface area (Å²) in [5.41, 5.74) is 1.52. The summed E-state index contributed by atoms with van der Waals surface area (Å²) in [5, 5.41) is 12.0. The van der Waals surface area contributed by atoms with E-state index in [0.29, 0.717) is 10.8 Å². The maximum Gasteiger partial charge on any atom is 0.159 e. The molecule has 0 bridgehead atoms. The standard InChI is InChI=1S/C11H11N5S/c1-13-11(17)7(6-12)9-15-8-4-3-5-14-10(8)16(9)2/h3-5,7H,1-2H3,(H,13,17)/t7-/m0/s1. The highest BCUT2D eigenvalue weighted by atomic mass is 32.1. The molecule has 1 atom stereocenters. The van der Waals surface area contributed by atoms with Crippen molar-refractivity contribution in [2.24, 2.45) is 7.05 Å². The fourth-order valence-corrected chi connectivity index (χ4v) is 1.84. The molecule has 6 heteroatoms. The second-order valence-corrected chi connectivity index (χ2v) is 3.99. The van der Waals surface area contributed by atoms with Gasteiger partial charge in [0.15, 0.2) is 11.6 Å². The van der Waals surface area contributed by atoms with Crippen LogP contribution in [-0.4, -0.2) is 26.6 Å². The maximum absolute atomic E-state index is 9.18. The van der Waals surface area contributed by atoms with Gasteiger partial charge in [0.25, 0.3) is 0 Å². The van der Waals surface area contributed by atoms with Crippen molar-refractivity contribution in [1.82, 2.24) is 19.9 Å². The molecule has 86 valence electrons. The first kappa shape index (κ1) is 11.5. The van der Waals surface area contributed by atoms with Crippen LogP contribution in [0.1, 0.15) is 11.7 Å². The Balaban J connectivity index is 2.59. The van der Waals surface area contributed by atoms with Gasteiger partial charge in [-0.1, -0.05) is 12.2 Å². The summed E-state index contributed by atoms with van der Waals surface area (Å²) in [6.07, 6.45) is 1.70. The summed E-state index contributed by atoms with van der Waals surface area (Å²) in [4.78, 5) is 9.10. The molecule has 5 nitrogen and oxygen atoms in total. The molecule has 2 rings (SSSR count). The molecule has 17 heavy (non-hydrogen) atoms. The van der Waals surface area contributed by atoms with Crippen molar-refractivity contribution in [2.45, 2.75) is 5.92 Å². The molecule has 0 aliphatic heterocycles. The van der Waals surface area contributed by atoms with Gasteiger partial charge in [-0.2, -0.15) is 5.26 Å². The smallest absolute Gasteiger partial charge is 0.159 e. The Morgan fingerprint density at radius 2 is 2.41 bits per heavy atom. The van der Waals surface area contributed by atoms with Crippen molar-refractivity contribution in [3.63, 3.8) is 0 Å². The molecular weight excluding hydrogens is 234 g/mol. The van der Waals surface area contributed by atoms with Crippen molar-refractivity contribution in [2.75, 3.05) is 7.05 Å². The number of nitrogens with zero attached hydrogens (tertiary/aromatic N) is 4. The van der Waals surface area contributed by atoms with Crippen LogP contribution in [0.3, 0.4) is 0 Å². The van der Waals surface area contributed by atoms with Crippen LogP contribution in [-0.2, 0) is 7.05 Å². The summed E-state index contributed by atoms with van der Waals surface area (Å²) in [6, 6.07) is 5.84. The van der Waals surface area contributed by atoms with Gasteiger partial charge in [-0.3, -0.25) is 0 Å². The predicted molar refractivity (Wildman–Crippen MR) is 68.5 cm³/mol. The summed E-state index contributed by atoms with van der Waals surface area (Å²) in [7, 11) is 3.54. The number of hydrogen-bond donors (Lipinski definition) is 1. The molecule has 0 aromatic carbocycles. The third kappa shape index (κ3) is 1.85. The summed E-state index contributed by atoms with van der Waals surface area (Å²) < 4.78 is 1.80. The van der Waals surface area contributed by atoms with Crippen LogP contribution in [0.2, 0.25) is 0 Å². The molecule has 0 saturated carbocycles. The second-order valence-electron chi connectivity index (χ2n) is 3.55. The first-order valence-electron chi connectivity index (χ1n) is 5.07. The molecule has 2 heterocycles. The first-order valence-corrected chi connectivity index (χ1v) is 5.48. The SMILES string of the molecule is CNC(=S)[C@@H](C#N)c1nc2cccnc2n1C. The van der Waals surface area contributed by atoms with E-state index in [0.717, 1.165) is 11.2 Å². The van der Waals surface area contributed by atoms with Crippen molar-refractivity contribution in [3.05, 3.63) is 24.2 Å². The molecule has 0 amide bonds. The number of nitrogens with one attached hydrogen (secondary N) is 1. The van der Waals surface area contributed by atoms with Crippen LogP contribution in [0.25, 0.3) is 11.2 Å².